The van der Waals surface area contributed by atoms with Gasteiger partial charge in [0.15, 0.2) is 11.5 Å². The van der Waals surface area contributed by atoms with Crippen LogP contribution < -0.4 is 4.72 Å². The largest absolute Gasteiger partial charge is 0.441 e. The van der Waals surface area contributed by atoms with E-state index in [0.717, 1.165) is 5.56 Å². The number of nitrogens with zero attached hydrogens (tertiary/aromatic N) is 1. The molecule has 2 aromatic carbocycles. The van der Waals surface area contributed by atoms with Gasteiger partial charge in [0.05, 0.1) is 10.6 Å². The molecule has 1 N–H and O–H groups in total. The maximum Gasteiger partial charge on any atom is 0.261 e. The van der Waals surface area contributed by atoms with Crippen molar-refractivity contribution in [3.8, 4) is 0 Å². The SMILES string of the molecule is Cc1nc2cc(S(=O)(=O)Nc3ccc(C)c(Cl)c3)ccc2o1. The summed E-state index contributed by atoms with van der Waals surface area (Å²) in [5, 5.41) is 0.503. The number of aryl methyl sites for hydroxylation is 2. The molecule has 0 bridgehead atoms. The highest BCUT2D eigenvalue weighted by Crippen LogP contribution is 2.24. The molecule has 1 aromatic heterocycles. The van der Waals surface area contributed by atoms with E-state index in [4.69, 9.17) is 16.0 Å². The van der Waals surface area contributed by atoms with E-state index in [0.29, 0.717) is 27.7 Å². The standard InChI is InChI=1S/C15H13ClN2O3S/c1-9-3-4-11(7-13(9)16)18-22(19,20)12-5-6-15-14(8-12)17-10(2)21-15/h3-8,18H,1-2H3. The highest BCUT2D eigenvalue weighted by Gasteiger charge is 2.16. The van der Waals surface area contributed by atoms with E-state index in [-0.39, 0.29) is 4.90 Å². The van der Waals surface area contributed by atoms with Crippen LogP contribution in [0.4, 0.5) is 5.69 Å². The number of hydrogen-bond donors (Lipinski definition) is 1. The first kappa shape index (κ1) is 14.9. The lowest BCUT2D eigenvalue weighted by molar-refractivity contribution is 0.561. The van der Waals surface area contributed by atoms with Crippen LogP contribution in [-0.4, -0.2) is 13.4 Å². The lowest BCUT2D eigenvalue weighted by Crippen LogP contribution is -2.12. The topological polar surface area (TPSA) is 72.2 Å². The van der Waals surface area contributed by atoms with Gasteiger partial charge in [-0.2, -0.15) is 0 Å². The van der Waals surface area contributed by atoms with Crippen LogP contribution in [0, 0.1) is 13.8 Å². The number of nitrogens with one attached hydrogen (secondary N) is 1. The summed E-state index contributed by atoms with van der Waals surface area (Å²) < 4.78 is 32.7. The van der Waals surface area contributed by atoms with Crippen LogP contribution in [0.25, 0.3) is 11.1 Å². The van der Waals surface area contributed by atoms with Crippen molar-refractivity contribution in [1.82, 2.24) is 4.98 Å². The molecule has 0 atom stereocenters. The van der Waals surface area contributed by atoms with Crippen molar-refractivity contribution in [2.45, 2.75) is 18.7 Å². The lowest BCUT2D eigenvalue weighted by Gasteiger charge is -2.09. The second-order valence-corrected chi connectivity index (χ2v) is 7.02. The van der Waals surface area contributed by atoms with E-state index < -0.39 is 10.0 Å². The minimum atomic E-state index is -3.72. The molecule has 3 aromatic rings. The number of halogens is 1. The van der Waals surface area contributed by atoms with Gasteiger partial charge in [0.25, 0.3) is 10.0 Å². The van der Waals surface area contributed by atoms with Gasteiger partial charge in [0.2, 0.25) is 0 Å². The van der Waals surface area contributed by atoms with Crippen LogP contribution in [0.15, 0.2) is 45.7 Å². The van der Waals surface area contributed by atoms with E-state index in [1.807, 2.05) is 6.92 Å². The zero-order valence-corrected chi connectivity index (χ0v) is 13.5. The molecule has 22 heavy (non-hydrogen) atoms. The molecule has 0 unspecified atom stereocenters. The summed E-state index contributed by atoms with van der Waals surface area (Å²) >= 11 is 6.01. The Morgan fingerprint density at radius 2 is 1.91 bits per heavy atom. The van der Waals surface area contributed by atoms with Crippen molar-refractivity contribution in [3.63, 3.8) is 0 Å². The van der Waals surface area contributed by atoms with Crippen LogP contribution >= 0.6 is 11.6 Å². The van der Waals surface area contributed by atoms with Gasteiger partial charge < -0.3 is 4.42 Å². The third-order valence-electron chi connectivity index (χ3n) is 3.20. The molecule has 1 heterocycles. The Morgan fingerprint density at radius 3 is 2.64 bits per heavy atom. The van der Waals surface area contributed by atoms with E-state index >= 15 is 0 Å². The summed E-state index contributed by atoms with van der Waals surface area (Å²) in [6.45, 7) is 3.56. The molecule has 0 saturated heterocycles. The van der Waals surface area contributed by atoms with Gasteiger partial charge in [-0.25, -0.2) is 13.4 Å². The first-order valence-electron chi connectivity index (χ1n) is 6.51. The zero-order chi connectivity index (χ0) is 15.9. The fraction of sp³-hybridized carbons (Fsp3) is 0.133. The summed E-state index contributed by atoms with van der Waals surface area (Å²) in [7, 11) is -3.72. The quantitative estimate of drug-likeness (QED) is 0.787. The van der Waals surface area contributed by atoms with Gasteiger partial charge in [-0.1, -0.05) is 17.7 Å². The van der Waals surface area contributed by atoms with Crippen molar-refractivity contribution < 1.29 is 12.8 Å². The van der Waals surface area contributed by atoms with E-state index in [9.17, 15) is 8.42 Å². The fourth-order valence-corrected chi connectivity index (χ4v) is 3.31. The Bertz CT molecular complexity index is 964. The van der Waals surface area contributed by atoms with Crippen molar-refractivity contribution in [2.75, 3.05) is 4.72 Å². The maximum atomic E-state index is 12.4. The third-order valence-corrected chi connectivity index (χ3v) is 4.99. The second-order valence-electron chi connectivity index (χ2n) is 4.93. The average molecular weight is 337 g/mol. The minimum absolute atomic E-state index is 0.116. The number of sulfonamides is 1. The smallest absolute Gasteiger partial charge is 0.261 e. The predicted octanol–water partition coefficient (Wildman–Crippen LogP) is 3.90. The van der Waals surface area contributed by atoms with Gasteiger partial charge in [-0.3, -0.25) is 4.72 Å². The molecule has 0 spiro atoms. The summed E-state index contributed by atoms with van der Waals surface area (Å²) in [6, 6.07) is 9.54. The molecular weight excluding hydrogens is 324 g/mol. The molecule has 5 nitrogen and oxygen atoms in total. The third kappa shape index (κ3) is 2.80. The molecule has 114 valence electrons. The van der Waals surface area contributed by atoms with Crippen LogP contribution in [0.3, 0.4) is 0 Å². The highest BCUT2D eigenvalue weighted by atomic mass is 35.5. The van der Waals surface area contributed by atoms with E-state index in [1.54, 1.807) is 31.2 Å². The Hall–Kier alpha value is -2.05. The Kier molecular flexibility index (Phi) is 3.58. The molecule has 0 radical (unpaired) electrons. The molecule has 0 amide bonds. The normalized spacial score (nSPS) is 11.8. The fourth-order valence-electron chi connectivity index (χ4n) is 2.06. The number of anilines is 1. The van der Waals surface area contributed by atoms with Gasteiger partial charge in [0, 0.05) is 11.9 Å². The molecule has 0 fully saturated rings. The minimum Gasteiger partial charge on any atom is -0.441 e. The molecule has 3 rings (SSSR count). The van der Waals surface area contributed by atoms with Crippen molar-refractivity contribution in [2.24, 2.45) is 0 Å². The molecule has 0 aliphatic heterocycles. The summed E-state index contributed by atoms with van der Waals surface area (Å²) in [6.07, 6.45) is 0. The zero-order valence-electron chi connectivity index (χ0n) is 11.9. The number of fused-ring (bicyclic) bond motifs is 1. The summed E-state index contributed by atoms with van der Waals surface area (Å²) in [5.41, 5.74) is 2.34. The van der Waals surface area contributed by atoms with Crippen molar-refractivity contribution in [3.05, 3.63) is 52.9 Å². The van der Waals surface area contributed by atoms with Gasteiger partial charge in [-0.15, -0.1) is 0 Å². The Labute approximate surface area is 133 Å². The predicted molar refractivity (Wildman–Crippen MR) is 85.7 cm³/mol. The number of oxazole rings is 1. The van der Waals surface area contributed by atoms with Crippen LogP contribution in [0.5, 0.6) is 0 Å². The molecule has 0 aliphatic rings. The van der Waals surface area contributed by atoms with Crippen LogP contribution in [0.2, 0.25) is 5.02 Å². The first-order valence-corrected chi connectivity index (χ1v) is 8.37. The number of aromatic nitrogens is 1. The second kappa shape index (κ2) is 5.30. The van der Waals surface area contributed by atoms with Crippen LogP contribution in [0.1, 0.15) is 11.5 Å². The summed E-state index contributed by atoms with van der Waals surface area (Å²) in [5.74, 6) is 0.489. The van der Waals surface area contributed by atoms with Gasteiger partial charge in [0.1, 0.15) is 5.52 Å². The Morgan fingerprint density at radius 1 is 1.14 bits per heavy atom. The van der Waals surface area contributed by atoms with Gasteiger partial charge >= 0.3 is 0 Å². The Balaban J connectivity index is 1.98. The van der Waals surface area contributed by atoms with Gasteiger partial charge in [-0.05, 0) is 42.8 Å². The highest BCUT2D eigenvalue weighted by molar-refractivity contribution is 7.92. The first-order chi connectivity index (χ1) is 10.3. The number of benzene rings is 2. The number of rotatable bonds is 3. The van der Waals surface area contributed by atoms with Crippen LogP contribution in [-0.2, 0) is 10.0 Å². The molecule has 0 saturated carbocycles. The maximum absolute atomic E-state index is 12.4. The van der Waals surface area contributed by atoms with E-state index in [1.165, 1.54) is 12.1 Å². The lowest BCUT2D eigenvalue weighted by atomic mass is 10.2. The molecule has 7 heteroatoms. The van der Waals surface area contributed by atoms with Crippen molar-refractivity contribution in [1.29, 1.82) is 0 Å². The van der Waals surface area contributed by atoms with Crippen molar-refractivity contribution >= 4 is 38.4 Å². The van der Waals surface area contributed by atoms with E-state index in [2.05, 4.69) is 9.71 Å². The number of hydrogen-bond acceptors (Lipinski definition) is 4. The molecule has 0 aliphatic carbocycles. The monoisotopic (exact) mass is 336 g/mol. The molecular formula is C15H13ClN2O3S. The summed E-state index contributed by atoms with van der Waals surface area (Å²) in [4.78, 5) is 4.26. The average Bonchev–Trinajstić information content (AvgIpc) is 2.81.